The molecule has 0 saturated heterocycles. The van der Waals surface area contributed by atoms with Crippen molar-refractivity contribution in [1.82, 2.24) is 10.3 Å². The highest BCUT2D eigenvalue weighted by Gasteiger charge is 2.17. The maximum Gasteiger partial charge on any atom is 0.300 e. The Morgan fingerprint density at radius 3 is 3.00 bits per heavy atom. The summed E-state index contributed by atoms with van der Waals surface area (Å²) in [6.45, 7) is 2.84. The van der Waals surface area contributed by atoms with E-state index in [0.717, 1.165) is 30.2 Å². The fraction of sp³-hybridized carbons (Fsp3) is 0.267. The largest absolute Gasteiger partial charge is 0.492 e. The zero-order valence-electron chi connectivity index (χ0n) is 11.5. The first-order chi connectivity index (χ1) is 10.3. The van der Waals surface area contributed by atoms with Gasteiger partial charge in [0.2, 0.25) is 0 Å². The van der Waals surface area contributed by atoms with Crippen LogP contribution in [0.25, 0.3) is 0 Å². The maximum atomic E-state index is 11.4. The molecule has 0 spiro atoms. The molecule has 0 unspecified atom stereocenters. The topological polar surface area (TPSA) is 80.7 Å². The lowest BCUT2D eigenvalue weighted by Gasteiger charge is -2.17. The summed E-state index contributed by atoms with van der Waals surface area (Å²) in [6, 6.07) is 11.4. The van der Waals surface area contributed by atoms with Crippen molar-refractivity contribution in [3.63, 3.8) is 0 Å². The van der Waals surface area contributed by atoms with Crippen LogP contribution in [0.1, 0.15) is 21.9 Å². The normalized spacial score (nSPS) is 14.9. The van der Waals surface area contributed by atoms with Gasteiger partial charge in [-0.1, -0.05) is 18.2 Å². The minimum absolute atomic E-state index is 0.221. The molecule has 0 atom stereocenters. The monoisotopic (exact) mass is 287 g/mol. The van der Waals surface area contributed by atoms with E-state index in [0.29, 0.717) is 13.2 Å². The number of hydrazine groups is 1. The zero-order chi connectivity index (χ0) is 14.7. The summed E-state index contributed by atoms with van der Waals surface area (Å²) < 4.78 is 11.2. The number of nitrogen functional groups attached to an aromatic ring is 1. The summed E-state index contributed by atoms with van der Waals surface area (Å²) in [5, 5.41) is 0. The summed E-state index contributed by atoms with van der Waals surface area (Å²) in [7, 11) is 0. The van der Waals surface area contributed by atoms with Crippen LogP contribution in [-0.2, 0) is 13.1 Å². The molecule has 0 fully saturated rings. The summed E-state index contributed by atoms with van der Waals surface area (Å²) in [6.07, 6.45) is 0. The Hall–Kier alpha value is -2.31. The predicted octanol–water partition coefficient (Wildman–Crippen LogP) is 1.28. The van der Waals surface area contributed by atoms with Crippen molar-refractivity contribution >= 4 is 5.91 Å². The van der Waals surface area contributed by atoms with Gasteiger partial charge in [-0.3, -0.25) is 15.1 Å². The molecule has 3 rings (SSSR count). The van der Waals surface area contributed by atoms with Crippen molar-refractivity contribution < 1.29 is 13.9 Å². The van der Waals surface area contributed by atoms with Crippen LogP contribution in [-0.4, -0.2) is 24.0 Å². The Bertz CT molecular complexity index is 639. The summed E-state index contributed by atoms with van der Waals surface area (Å²) in [4.78, 5) is 13.6. The lowest BCUT2D eigenvalue weighted by atomic mass is 10.2. The van der Waals surface area contributed by atoms with Gasteiger partial charge in [0.05, 0.1) is 6.54 Å². The van der Waals surface area contributed by atoms with Crippen LogP contribution in [0.4, 0.5) is 0 Å². The molecule has 21 heavy (non-hydrogen) atoms. The molecule has 2 heterocycles. The SMILES string of the molecule is NNC(=O)c1ccc(CN2CCOc3ccccc3C2)o1. The number of benzene rings is 1. The van der Waals surface area contributed by atoms with Crippen molar-refractivity contribution in [3.05, 3.63) is 53.5 Å². The van der Waals surface area contributed by atoms with Gasteiger partial charge in [0.1, 0.15) is 18.1 Å². The third-order valence-electron chi connectivity index (χ3n) is 3.43. The Balaban J connectivity index is 1.70. The van der Waals surface area contributed by atoms with Gasteiger partial charge in [0.15, 0.2) is 5.76 Å². The number of carbonyl (C=O) groups is 1. The van der Waals surface area contributed by atoms with E-state index in [4.69, 9.17) is 15.0 Å². The Morgan fingerprint density at radius 2 is 2.14 bits per heavy atom. The van der Waals surface area contributed by atoms with Crippen molar-refractivity contribution in [3.8, 4) is 5.75 Å². The Kier molecular flexibility index (Phi) is 3.89. The number of carbonyl (C=O) groups excluding carboxylic acids is 1. The number of ether oxygens (including phenoxy) is 1. The predicted molar refractivity (Wildman–Crippen MR) is 76.4 cm³/mol. The molecule has 1 amide bonds. The van der Waals surface area contributed by atoms with E-state index >= 15 is 0 Å². The number of amides is 1. The standard InChI is InChI=1S/C15H17N3O3/c16-17-15(19)14-6-5-12(21-14)10-18-7-8-20-13-4-2-1-3-11(13)9-18/h1-6H,7-10,16H2,(H,17,19). The first kappa shape index (κ1) is 13.7. The smallest absolute Gasteiger partial charge is 0.300 e. The molecule has 6 nitrogen and oxygen atoms in total. The van der Waals surface area contributed by atoms with Crippen molar-refractivity contribution in [2.24, 2.45) is 5.84 Å². The first-order valence-corrected chi connectivity index (χ1v) is 6.79. The fourth-order valence-corrected chi connectivity index (χ4v) is 2.39. The van der Waals surface area contributed by atoms with Crippen LogP contribution in [0, 0.1) is 0 Å². The Labute approximate surface area is 122 Å². The van der Waals surface area contributed by atoms with Gasteiger partial charge in [-0.05, 0) is 18.2 Å². The molecule has 1 aromatic carbocycles. The first-order valence-electron chi connectivity index (χ1n) is 6.79. The summed E-state index contributed by atoms with van der Waals surface area (Å²) >= 11 is 0. The third-order valence-corrected chi connectivity index (χ3v) is 3.43. The maximum absolute atomic E-state index is 11.4. The molecular formula is C15H17N3O3. The quantitative estimate of drug-likeness (QED) is 0.505. The van der Waals surface area contributed by atoms with E-state index in [1.165, 1.54) is 0 Å². The second-order valence-corrected chi connectivity index (χ2v) is 4.91. The number of nitrogens with two attached hydrogens (primary N) is 1. The van der Waals surface area contributed by atoms with Crippen LogP contribution in [0.5, 0.6) is 5.75 Å². The van der Waals surface area contributed by atoms with E-state index < -0.39 is 5.91 Å². The number of rotatable bonds is 3. The zero-order valence-corrected chi connectivity index (χ0v) is 11.5. The van der Waals surface area contributed by atoms with E-state index in [9.17, 15) is 4.79 Å². The highest BCUT2D eigenvalue weighted by Crippen LogP contribution is 2.23. The van der Waals surface area contributed by atoms with Crippen LogP contribution in [0.15, 0.2) is 40.8 Å². The summed E-state index contributed by atoms with van der Waals surface area (Å²) in [5.74, 6) is 6.54. The van der Waals surface area contributed by atoms with E-state index in [1.54, 1.807) is 12.1 Å². The van der Waals surface area contributed by atoms with Gasteiger partial charge >= 0.3 is 5.91 Å². The lowest BCUT2D eigenvalue weighted by Crippen LogP contribution is -2.29. The van der Waals surface area contributed by atoms with Crippen LogP contribution < -0.4 is 16.0 Å². The molecule has 6 heteroatoms. The number of fused-ring (bicyclic) bond motifs is 1. The van der Waals surface area contributed by atoms with Gasteiger partial charge in [-0.15, -0.1) is 0 Å². The molecule has 3 N–H and O–H groups in total. The molecule has 1 aliphatic heterocycles. The van der Waals surface area contributed by atoms with Gasteiger partial charge in [-0.2, -0.15) is 0 Å². The van der Waals surface area contributed by atoms with Crippen LogP contribution >= 0.6 is 0 Å². The van der Waals surface area contributed by atoms with Crippen molar-refractivity contribution in [1.29, 1.82) is 0 Å². The minimum atomic E-state index is -0.425. The number of nitrogens with one attached hydrogen (secondary N) is 1. The molecule has 0 aliphatic carbocycles. The van der Waals surface area contributed by atoms with E-state index in [-0.39, 0.29) is 5.76 Å². The molecule has 0 saturated carbocycles. The number of para-hydroxylation sites is 1. The number of hydrogen-bond donors (Lipinski definition) is 2. The van der Waals surface area contributed by atoms with E-state index in [2.05, 4.69) is 16.4 Å². The van der Waals surface area contributed by atoms with Crippen LogP contribution in [0.2, 0.25) is 0 Å². The highest BCUT2D eigenvalue weighted by atomic mass is 16.5. The van der Waals surface area contributed by atoms with Gasteiger partial charge in [0, 0.05) is 18.7 Å². The molecular weight excluding hydrogens is 270 g/mol. The Morgan fingerprint density at radius 1 is 1.29 bits per heavy atom. The number of nitrogens with zero attached hydrogens (tertiary/aromatic N) is 1. The second kappa shape index (κ2) is 5.99. The highest BCUT2D eigenvalue weighted by molar-refractivity contribution is 5.90. The number of furan rings is 1. The minimum Gasteiger partial charge on any atom is -0.492 e. The second-order valence-electron chi connectivity index (χ2n) is 4.91. The van der Waals surface area contributed by atoms with Gasteiger partial charge < -0.3 is 9.15 Å². The van der Waals surface area contributed by atoms with Gasteiger partial charge in [0.25, 0.3) is 0 Å². The molecule has 2 aromatic rings. The van der Waals surface area contributed by atoms with Gasteiger partial charge in [-0.25, -0.2) is 5.84 Å². The van der Waals surface area contributed by atoms with Crippen molar-refractivity contribution in [2.75, 3.05) is 13.2 Å². The molecule has 0 radical (unpaired) electrons. The molecule has 110 valence electrons. The van der Waals surface area contributed by atoms with E-state index in [1.807, 2.05) is 18.2 Å². The molecule has 1 aromatic heterocycles. The van der Waals surface area contributed by atoms with Crippen molar-refractivity contribution in [2.45, 2.75) is 13.1 Å². The molecule has 0 bridgehead atoms. The lowest BCUT2D eigenvalue weighted by molar-refractivity contribution is 0.0921. The average Bonchev–Trinajstić information content (AvgIpc) is 2.86. The van der Waals surface area contributed by atoms with Crippen LogP contribution in [0.3, 0.4) is 0 Å². The summed E-state index contributed by atoms with van der Waals surface area (Å²) in [5.41, 5.74) is 3.21. The third kappa shape index (κ3) is 3.07. The fourth-order valence-electron chi connectivity index (χ4n) is 2.39. The average molecular weight is 287 g/mol. The number of hydrogen-bond acceptors (Lipinski definition) is 5. The molecule has 1 aliphatic rings.